The Morgan fingerprint density at radius 3 is 2.66 bits per heavy atom. The van der Waals surface area contributed by atoms with Crippen LogP contribution in [0.15, 0.2) is 36.5 Å². The van der Waals surface area contributed by atoms with Crippen LogP contribution in [-0.4, -0.2) is 75.1 Å². The summed E-state index contributed by atoms with van der Waals surface area (Å²) >= 11 is 0. The monoisotopic (exact) mass is 512 g/mol. The molecule has 2 saturated heterocycles. The Kier molecular flexibility index (Phi) is 6.88. The van der Waals surface area contributed by atoms with Gasteiger partial charge in [0.1, 0.15) is 17.7 Å². The van der Waals surface area contributed by atoms with E-state index in [0.717, 1.165) is 11.0 Å². The molecule has 4 rings (SSSR count). The normalized spacial score (nSPS) is 21.8. The lowest BCUT2D eigenvalue weighted by Crippen LogP contribution is -2.45. The highest BCUT2D eigenvalue weighted by molar-refractivity contribution is 7.92. The molecule has 0 saturated carbocycles. The third-order valence-corrected chi connectivity index (χ3v) is 8.09. The second-order valence-corrected chi connectivity index (χ2v) is 10.9. The number of alkyl halides is 2. The maximum absolute atomic E-state index is 14.9. The maximum Gasteiger partial charge on any atom is 0.414 e. The highest BCUT2D eigenvalue weighted by atomic mass is 32.2. The van der Waals surface area contributed by atoms with E-state index in [1.54, 1.807) is 19.1 Å². The van der Waals surface area contributed by atoms with Crippen molar-refractivity contribution in [1.82, 2.24) is 10.3 Å². The van der Waals surface area contributed by atoms with E-state index >= 15 is 0 Å². The first-order chi connectivity index (χ1) is 16.5. The van der Waals surface area contributed by atoms with Crippen LogP contribution in [0.5, 0.6) is 0 Å². The lowest BCUT2D eigenvalue weighted by Gasteiger charge is -2.31. The van der Waals surface area contributed by atoms with Gasteiger partial charge in [0.05, 0.1) is 29.8 Å². The summed E-state index contributed by atoms with van der Waals surface area (Å²) in [6.45, 7) is 2.00. The van der Waals surface area contributed by atoms with Crippen LogP contribution in [0.4, 0.5) is 29.5 Å². The molecule has 2 amide bonds. The number of halogens is 3. The summed E-state index contributed by atoms with van der Waals surface area (Å²) in [4.78, 5) is 30.5. The number of cyclic esters (lactones) is 1. The van der Waals surface area contributed by atoms with Gasteiger partial charge in [-0.15, -0.1) is 0 Å². The van der Waals surface area contributed by atoms with Gasteiger partial charge in [0, 0.05) is 30.4 Å². The van der Waals surface area contributed by atoms with Gasteiger partial charge >= 0.3 is 12.5 Å². The van der Waals surface area contributed by atoms with Gasteiger partial charge < -0.3 is 15.0 Å². The average molecular weight is 513 g/mol. The van der Waals surface area contributed by atoms with Gasteiger partial charge in [-0.1, -0.05) is 0 Å². The number of carbonyl (C=O) groups excluding carboxylic acids is 2. The molecule has 1 unspecified atom stereocenters. The molecule has 35 heavy (non-hydrogen) atoms. The number of rotatable bonds is 6. The predicted molar refractivity (Wildman–Crippen MR) is 122 cm³/mol. The van der Waals surface area contributed by atoms with Gasteiger partial charge in [-0.2, -0.15) is 8.78 Å². The van der Waals surface area contributed by atoms with Crippen molar-refractivity contribution in [1.29, 1.82) is 0 Å². The molecule has 1 N–H and O–H groups in total. The molecule has 2 aliphatic heterocycles. The van der Waals surface area contributed by atoms with E-state index in [-0.39, 0.29) is 30.1 Å². The number of nitrogens with zero attached hydrogens (tertiary/aromatic N) is 3. The molecule has 3 heterocycles. The van der Waals surface area contributed by atoms with Crippen molar-refractivity contribution < 1.29 is 35.9 Å². The Hall–Kier alpha value is -3.35. The molecule has 0 spiro atoms. The summed E-state index contributed by atoms with van der Waals surface area (Å²) in [6.07, 6.45) is -3.31. The van der Waals surface area contributed by atoms with Crippen LogP contribution >= 0.6 is 0 Å². The quantitative estimate of drug-likeness (QED) is 0.632. The second kappa shape index (κ2) is 9.72. The van der Waals surface area contributed by atoms with Crippen molar-refractivity contribution in [2.75, 3.05) is 41.7 Å². The van der Waals surface area contributed by atoms with Crippen molar-refractivity contribution in [3.8, 4) is 11.1 Å². The number of aromatic nitrogens is 1. The number of pyridine rings is 1. The fourth-order valence-corrected chi connectivity index (χ4v) is 5.21. The molecule has 2 aromatic rings. The number of amides is 2. The van der Waals surface area contributed by atoms with E-state index in [4.69, 9.17) is 4.74 Å². The van der Waals surface area contributed by atoms with E-state index in [0.29, 0.717) is 24.5 Å². The predicted octanol–water partition coefficient (Wildman–Crippen LogP) is 2.22. The number of ether oxygens (including phenoxy) is 1. The van der Waals surface area contributed by atoms with E-state index < -0.39 is 45.4 Å². The van der Waals surface area contributed by atoms with E-state index in [9.17, 15) is 31.2 Å². The van der Waals surface area contributed by atoms with Crippen molar-refractivity contribution in [3.05, 3.63) is 42.3 Å². The Morgan fingerprint density at radius 2 is 2.03 bits per heavy atom. The number of sulfone groups is 1. The molecule has 2 aliphatic rings. The zero-order chi connectivity index (χ0) is 25.3. The third kappa shape index (κ3) is 5.34. The summed E-state index contributed by atoms with van der Waals surface area (Å²) < 4.78 is 68.4. The summed E-state index contributed by atoms with van der Waals surface area (Å²) in [6, 6.07) is 7.53. The molecular formula is C22H23F3N4O5S. The smallest absolute Gasteiger partial charge is 0.414 e. The summed E-state index contributed by atoms with van der Waals surface area (Å²) in [5, 5.41) is 1.49. The largest absolute Gasteiger partial charge is 0.442 e. The van der Waals surface area contributed by atoms with Gasteiger partial charge in [-0.25, -0.2) is 22.6 Å². The average Bonchev–Trinajstić information content (AvgIpc) is 3.19. The van der Waals surface area contributed by atoms with E-state index in [2.05, 4.69) is 4.98 Å². The number of hydrogen-bond acceptors (Lipinski definition) is 7. The minimum Gasteiger partial charge on any atom is -0.442 e. The van der Waals surface area contributed by atoms with Crippen LogP contribution < -0.4 is 15.1 Å². The van der Waals surface area contributed by atoms with E-state index in [1.807, 2.05) is 10.2 Å². The van der Waals surface area contributed by atoms with Crippen LogP contribution in [0.3, 0.4) is 0 Å². The zero-order valence-electron chi connectivity index (χ0n) is 18.7. The maximum atomic E-state index is 14.9. The first-order valence-corrected chi connectivity index (χ1v) is 12.5. The van der Waals surface area contributed by atoms with Gasteiger partial charge in [-0.05, 0) is 37.3 Å². The second-order valence-electron chi connectivity index (χ2n) is 8.36. The topological polar surface area (TPSA) is 109 Å². The Morgan fingerprint density at radius 1 is 1.26 bits per heavy atom. The molecule has 1 aromatic heterocycles. The van der Waals surface area contributed by atoms with Gasteiger partial charge in [0.15, 0.2) is 9.84 Å². The van der Waals surface area contributed by atoms with Crippen LogP contribution in [0, 0.1) is 5.82 Å². The lowest BCUT2D eigenvalue weighted by molar-refractivity contribution is -0.132. The molecule has 0 bridgehead atoms. The van der Waals surface area contributed by atoms with Crippen molar-refractivity contribution in [2.24, 2.45) is 0 Å². The molecule has 0 radical (unpaired) electrons. The van der Waals surface area contributed by atoms with Crippen LogP contribution in [-0.2, 0) is 19.4 Å². The van der Waals surface area contributed by atoms with Crippen LogP contribution in [0.1, 0.15) is 6.92 Å². The molecule has 188 valence electrons. The number of benzene rings is 1. The van der Waals surface area contributed by atoms with Gasteiger partial charge in [0.25, 0.3) is 5.91 Å². The van der Waals surface area contributed by atoms with E-state index in [1.165, 1.54) is 18.3 Å². The highest BCUT2D eigenvalue weighted by Gasteiger charge is 2.34. The summed E-state index contributed by atoms with van der Waals surface area (Å²) in [7, 11) is -3.09. The molecule has 13 heteroatoms. The van der Waals surface area contributed by atoms with Gasteiger partial charge in [0.2, 0.25) is 0 Å². The lowest BCUT2D eigenvalue weighted by atomic mass is 10.1. The first kappa shape index (κ1) is 24.8. The standard InChI is InChI=1S/C22H23F3N4O5S/c1-13-11-28(6-7-35(13,32)33)19-5-2-14(9-26-19)17-4-3-15(8-18(17)23)29-12-16(34-22(29)31)10-27-21(30)20(24)25/h2-5,8-9,13,16,20H,6-7,10-12H2,1H3,(H,27,30)/t13?,16-/m0/s1. The number of nitrogens with one attached hydrogen (secondary N) is 1. The minimum absolute atomic E-state index is 0.0403. The number of anilines is 2. The molecular weight excluding hydrogens is 489 g/mol. The zero-order valence-corrected chi connectivity index (χ0v) is 19.5. The molecule has 9 nitrogen and oxygen atoms in total. The van der Waals surface area contributed by atoms with Crippen LogP contribution in [0.2, 0.25) is 0 Å². The minimum atomic E-state index is -3.17. The first-order valence-electron chi connectivity index (χ1n) is 10.8. The van der Waals surface area contributed by atoms with Crippen molar-refractivity contribution in [2.45, 2.75) is 24.7 Å². The molecule has 2 fully saturated rings. The fraction of sp³-hybridized carbons (Fsp3) is 0.409. The molecule has 0 aliphatic carbocycles. The Labute approximate surface area is 199 Å². The fourth-order valence-electron chi connectivity index (χ4n) is 3.93. The highest BCUT2D eigenvalue weighted by Crippen LogP contribution is 2.30. The van der Waals surface area contributed by atoms with Crippen LogP contribution in [0.25, 0.3) is 11.1 Å². The molecule has 1 aromatic carbocycles. The Balaban J connectivity index is 1.43. The Bertz CT molecular complexity index is 1230. The number of carbonyl (C=O) groups is 2. The van der Waals surface area contributed by atoms with Gasteiger partial charge in [-0.3, -0.25) is 9.69 Å². The van der Waals surface area contributed by atoms with Crippen molar-refractivity contribution >= 4 is 33.3 Å². The third-order valence-electron chi connectivity index (χ3n) is 5.96. The SMILES string of the molecule is CC1CN(c2ccc(-c3ccc(N4C[C@H](CNC(=O)C(F)F)OC4=O)cc3F)cn2)CCS1(=O)=O. The summed E-state index contributed by atoms with van der Waals surface area (Å²) in [5.74, 6) is -1.44. The molecule has 2 atom stereocenters. The van der Waals surface area contributed by atoms with Crippen molar-refractivity contribution in [3.63, 3.8) is 0 Å². The number of hydrogen-bond donors (Lipinski definition) is 1. The summed E-state index contributed by atoms with van der Waals surface area (Å²) in [5.41, 5.74) is 0.954.